The van der Waals surface area contributed by atoms with Crippen LogP contribution in [0, 0.1) is 11.3 Å². The fourth-order valence-corrected chi connectivity index (χ4v) is 3.03. The van der Waals surface area contributed by atoms with E-state index in [-0.39, 0.29) is 0 Å². The Morgan fingerprint density at radius 1 is 1.21 bits per heavy atom. The molecule has 0 amide bonds. The Hall–Kier alpha value is -1.40. The first-order chi connectivity index (χ1) is 9.20. The molecular weight excluding hydrogens is 254 g/mol. The van der Waals surface area contributed by atoms with Gasteiger partial charge in [0.1, 0.15) is 11.0 Å². The zero-order valence-electron chi connectivity index (χ0n) is 11.7. The highest BCUT2D eigenvalue weighted by atomic mass is 32.2. The number of nitriles is 1. The van der Waals surface area contributed by atoms with Crippen LogP contribution in [0.2, 0.25) is 0 Å². The summed E-state index contributed by atoms with van der Waals surface area (Å²) in [5, 5.41) is 9.23. The number of hydrogen-bond acceptors (Lipinski definition) is 2. The number of unbranched alkanes of at least 4 members (excludes halogenated alkanes) is 3. The Balaban J connectivity index is 2.76. The molecule has 0 N–H and O–H groups in total. The van der Waals surface area contributed by atoms with Crippen molar-refractivity contribution in [2.24, 2.45) is 0 Å². The minimum absolute atomic E-state index is 0.419. The van der Waals surface area contributed by atoms with Gasteiger partial charge in [-0.1, -0.05) is 44.4 Å². The third-order valence-corrected chi connectivity index (χ3v) is 4.55. The second-order valence-electron chi connectivity index (χ2n) is 4.61. The molecule has 102 valence electrons. The second-order valence-corrected chi connectivity index (χ2v) is 6.03. The number of rotatable bonds is 7. The van der Waals surface area contributed by atoms with Crippen molar-refractivity contribution in [3.8, 4) is 6.07 Å². The van der Waals surface area contributed by atoms with Gasteiger partial charge in [0.05, 0.1) is 10.8 Å². The monoisotopic (exact) mass is 275 g/mol. The van der Waals surface area contributed by atoms with E-state index in [4.69, 9.17) is 0 Å². The van der Waals surface area contributed by atoms with Gasteiger partial charge in [-0.15, -0.1) is 0 Å². The Kier molecular flexibility index (Phi) is 7.14. The van der Waals surface area contributed by atoms with Crippen LogP contribution in [0.1, 0.15) is 46.0 Å². The topological polar surface area (TPSA) is 40.9 Å². The van der Waals surface area contributed by atoms with Crippen molar-refractivity contribution in [3.63, 3.8) is 0 Å². The van der Waals surface area contributed by atoms with Gasteiger partial charge in [-0.25, -0.2) is 4.21 Å². The van der Waals surface area contributed by atoms with Crippen LogP contribution >= 0.6 is 0 Å². The van der Waals surface area contributed by atoms with Crippen LogP contribution in [0.15, 0.2) is 45.7 Å². The van der Waals surface area contributed by atoms with Gasteiger partial charge in [0, 0.05) is 4.90 Å². The van der Waals surface area contributed by atoms with E-state index >= 15 is 0 Å². The largest absolute Gasteiger partial charge is 0.248 e. The summed E-state index contributed by atoms with van der Waals surface area (Å²) in [5.74, 6) is 0. The maximum absolute atomic E-state index is 12.3. The van der Waals surface area contributed by atoms with Crippen LogP contribution in [-0.4, -0.2) is 4.21 Å². The Labute approximate surface area is 118 Å². The van der Waals surface area contributed by atoms with E-state index in [2.05, 4.69) is 13.0 Å². The highest BCUT2D eigenvalue weighted by Crippen LogP contribution is 2.20. The van der Waals surface area contributed by atoms with E-state index in [1.165, 1.54) is 19.3 Å². The molecular formula is C16H21NOS. The van der Waals surface area contributed by atoms with E-state index < -0.39 is 10.8 Å². The molecule has 19 heavy (non-hydrogen) atoms. The molecule has 0 saturated heterocycles. The summed E-state index contributed by atoms with van der Waals surface area (Å²) < 4.78 is 12.3. The molecule has 1 unspecified atom stereocenters. The molecule has 2 nitrogen and oxygen atoms in total. The maximum atomic E-state index is 12.3. The van der Waals surface area contributed by atoms with Crippen molar-refractivity contribution in [2.45, 2.75) is 50.8 Å². The van der Waals surface area contributed by atoms with Crippen LogP contribution in [0.3, 0.4) is 0 Å². The van der Waals surface area contributed by atoms with Crippen molar-refractivity contribution < 1.29 is 4.21 Å². The number of allylic oxidation sites excluding steroid dienone is 2. The smallest absolute Gasteiger partial charge is 0.120 e. The lowest BCUT2D eigenvalue weighted by Gasteiger charge is -2.06. The molecule has 0 fully saturated rings. The fraction of sp³-hybridized carbons (Fsp3) is 0.438. The van der Waals surface area contributed by atoms with Gasteiger partial charge in [0.25, 0.3) is 0 Å². The van der Waals surface area contributed by atoms with Gasteiger partial charge in [-0.2, -0.15) is 5.26 Å². The van der Waals surface area contributed by atoms with E-state index in [1.54, 1.807) is 12.1 Å². The van der Waals surface area contributed by atoms with Crippen molar-refractivity contribution in [1.82, 2.24) is 0 Å². The average molecular weight is 275 g/mol. The minimum Gasteiger partial charge on any atom is -0.248 e. The van der Waals surface area contributed by atoms with Gasteiger partial charge >= 0.3 is 0 Å². The highest BCUT2D eigenvalue weighted by Gasteiger charge is 2.12. The van der Waals surface area contributed by atoms with Gasteiger partial charge in [0.15, 0.2) is 0 Å². The first-order valence-electron chi connectivity index (χ1n) is 6.77. The molecule has 1 atom stereocenters. The molecule has 3 heteroatoms. The molecule has 0 radical (unpaired) electrons. The average Bonchev–Trinajstić information content (AvgIpc) is 2.45. The molecule has 0 bridgehead atoms. The van der Waals surface area contributed by atoms with Crippen molar-refractivity contribution in [3.05, 3.63) is 40.8 Å². The van der Waals surface area contributed by atoms with E-state index in [0.29, 0.717) is 9.80 Å². The van der Waals surface area contributed by atoms with Crippen molar-refractivity contribution in [2.75, 3.05) is 0 Å². The molecule has 0 heterocycles. The summed E-state index contributed by atoms with van der Waals surface area (Å²) in [6, 6.07) is 11.3. The normalized spacial score (nSPS) is 13.5. The van der Waals surface area contributed by atoms with Crippen LogP contribution in [0.5, 0.6) is 0 Å². The van der Waals surface area contributed by atoms with Crippen LogP contribution in [-0.2, 0) is 10.8 Å². The standard InChI is InChI=1S/C16H21NOS/c1-3-4-5-7-10-14(2)16(13-17)19(18)15-11-8-6-9-12-15/h6,8-9,11-12H,3-5,7,10H2,1-2H3/b16-14-. The summed E-state index contributed by atoms with van der Waals surface area (Å²) in [7, 11) is -1.34. The molecule has 0 aliphatic heterocycles. The van der Waals surface area contributed by atoms with Crippen LogP contribution in [0.4, 0.5) is 0 Å². The minimum atomic E-state index is -1.34. The molecule has 0 saturated carbocycles. The van der Waals surface area contributed by atoms with Gasteiger partial charge < -0.3 is 0 Å². The molecule has 0 aromatic heterocycles. The SMILES string of the molecule is CCCCCC/C(C)=C(/C#N)S(=O)c1ccccc1. The summed E-state index contributed by atoms with van der Waals surface area (Å²) in [6.45, 7) is 4.10. The lowest BCUT2D eigenvalue weighted by Crippen LogP contribution is -1.98. The number of hydrogen-bond donors (Lipinski definition) is 0. The van der Waals surface area contributed by atoms with Gasteiger partial charge in [0.2, 0.25) is 0 Å². The maximum Gasteiger partial charge on any atom is 0.120 e. The fourth-order valence-electron chi connectivity index (χ4n) is 1.89. The predicted octanol–water partition coefficient (Wildman–Crippen LogP) is 4.56. The molecule has 1 aromatic carbocycles. The second kappa shape index (κ2) is 8.66. The summed E-state index contributed by atoms with van der Waals surface area (Å²) in [6.07, 6.45) is 5.52. The molecule has 0 aliphatic carbocycles. The first-order valence-corrected chi connectivity index (χ1v) is 7.92. The number of nitrogens with zero attached hydrogens (tertiary/aromatic N) is 1. The highest BCUT2D eigenvalue weighted by molar-refractivity contribution is 7.89. The van der Waals surface area contributed by atoms with Crippen LogP contribution < -0.4 is 0 Å². The molecule has 0 spiro atoms. The van der Waals surface area contributed by atoms with Crippen molar-refractivity contribution >= 4 is 10.8 Å². The Morgan fingerprint density at radius 3 is 2.47 bits per heavy atom. The summed E-state index contributed by atoms with van der Waals surface area (Å²) >= 11 is 0. The predicted molar refractivity (Wildman–Crippen MR) is 79.9 cm³/mol. The summed E-state index contributed by atoms with van der Waals surface area (Å²) in [4.78, 5) is 1.12. The zero-order valence-corrected chi connectivity index (χ0v) is 12.5. The third-order valence-electron chi connectivity index (χ3n) is 3.04. The Bertz CT molecular complexity index is 485. The molecule has 1 rings (SSSR count). The summed E-state index contributed by atoms with van der Waals surface area (Å²) in [5.41, 5.74) is 0.959. The molecule has 1 aromatic rings. The van der Waals surface area contributed by atoms with E-state index in [0.717, 1.165) is 18.4 Å². The Morgan fingerprint density at radius 2 is 1.89 bits per heavy atom. The van der Waals surface area contributed by atoms with E-state index in [9.17, 15) is 9.47 Å². The first kappa shape index (κ1) is 15.7. The number of benzene rings is 1. The third kappa shape index (κ3) is 5.00. The zero-order chi connectivity index (χ0) is 14.1. The lowest BCUT2D eigenvalue weighted by molar-refractivity contribution is 0.663. The van der Waals surface area contributed by atoms with Crippen molar-refractivity contribution in [1.29, 1.82) is 5.26 Å². The van der Waals surface area contributed by atoms with E-state index in [1.807, 2.05) is 25.1 Å². The van der Waals surface area contributed by atoms with Crippen LogP contribution in [0.25, 0.3) is 0 Å². The van der Waals surface area contributed by atoms with Gasteiger partial charge in [-0.05, 0) is 37.5 Å². The lowest BCUT2D eigenvalue weighted by atomic mass is 10.1. The molecule has 0 aliphatic rings. The van der Waals surface area contributed by atoms with Gasteiger partial charge in [-0.3, -0.25) is 0 Å². The quantitative estimate of drug-likeness (QED) is 0.540.